The molecule has 2 aromatic rings. The summed E-state index contributed by atoms with van der Waals surface area (Å²) in [4.78, 5) is 28.3. The first-order chi connectivity index (χ1) is 14.4. The second kappa shape index (κ2) is 7.90. The molecule has 8 heteroatoms. The quantitative estimate of drug-likeness (QED) is 0.499. The summed E-state index contributed by atoms with van der Waals surface area (Å²) in [6.07, 6.45) is 0.933. The molecule has 3 N–H and O–H groups in total. The van der Waals surface area contributed by atoms with Gasteiger partial charge in [0.2, 0.25) is 5.69 Å². The van der Waals surface area contributed by atoms with E-state index < -0.39 is 17.5 Å². The number of carbonyl (C=O) groups is 1. The number of hydrogen-bond acceptors (Lipinski definition) is 5. The van der Waals surface area contributed by atoms with Crippen LogP contribution in [0.5, 0.6) is 11.6 Å². The van der Waals surface area contributed by atoms with E-state index in [2.05, 4.69) is 10.3 Å². The Hall–Kier alpha value is -3.03. The van der Waals surface area contributed by atoms with Gasteiger partial charge in [-0.05, 0) is 48.3 Å². The number of fused-ring (bicyclic) bond motifs is 1. The van der Waals surface area contributed by atoms with Gasteiger partial charge < -0.3 is 25.4 Å². The van der Waals surface area contributed by atoms with Crippen molar-refractivity contribution in [2.24, 2.45) is 11.3 Å². The molecule has 1 aliphatic rings. The lowest BCUT2D eigenvalue weighted by atomic mass is 9.85. The fourth-order valence-electron chi connectivity index (χ4n) is 4.47. The summed E-state index contributed by atoms with van der Waals surface area (Å²) in [7, 11) is 1.28. The van der Waals surface area contributed by atoms with Crippen LogP contribution in [-0.2, 0) is 12.8 Å². The number of H-pyrrole nitrogens is 1. The Kier molecular flexibility index (Phi) is 5.78. The van der Waals surface area contributed by atoms with Crippen LogP contribution in [0.3, 0.4) is 0 Å². The number of rotatable bonds is 5. The number of nitrogens with zero attached hydrogens (tertiary/aromatic N) is 1. The normalized spacial score (nSPS) is 17.0. The molecule has 1 atom stereocenters. The first-order valence-corrected chi connectivity index (χ1v) is 10.4. The lowest BCUT2D eigenvalue weighted by molar-refractivity contribution is -0.622. The zero-order valence-corrected chi connectivity index (χ0v) is 19.2. The van der Waals surface area contributed by atoms with Crippen LogP contribution in [0, 0.1) is 30.4 Å². The lowest BCUT2D eigenvalue weighted by Gasteiger charge is -2.29. The van der Waals surface area contributed by atoms with E-state index in [4.69, 9.17) is 4.74 Å². The number of aromatic nitrogens is 2. The minimum atomic E-state index is -0.640. The average Bonchev–Trinajstić information content (AvgIpc) is 2.94. The summed E-state index contributed by atoms with van der Waals surface area (Å²) in [6.45, 7) is 11.6. The molecule has 1 heterocycles. The summed E-state index contributed by atoms with van der Waals surface area (Å²) < 4.78 is 5.59. The van der Waals surface area contributed by atoms with E-state index in [0.717, 1.165) is 16.7 Å². The maximum atomic E-state index is 13.2. The van der Waals surface area contributed by atoms with E-state index >= 15 is 0 Å². The Labute approximate surface area is 181 Å². The smallest absolute Gasteiger partial charge is 0.409 e. The highest BCUT2D eigenvalue weighted by atomic mass is 16.5. The second-order valence-corrected chi connectivity index (χ2v) is 9.50. The molecule has 0 aliphatic heterocycles. The van der Waals surface area contributed by atoms with Crippen LogP contribution in [0.4, 0.5) is 0 Å². The summed E-state index contributed by atoms with van der Waals surface area (Å²) in [5, 5.41) is 26.4. The summed E-state index contributed by atoms with van der Waals surface area (Å²) >= 11 is 0. The number of phenols is 1. The maximum absolute atomic E-state index is 13.2. The number of nitrogens with one attached hydrogen (secondary N) is 2. The van der Waals surface area contributed by atoms with Crippen LogP contribution in [0.2, 0.25) is 0 Å². The number of benzene rings is 1. The van der Waals surface area contributed by atoms with Crippen molar-refractivity contribution in [3.8, 4) is 11.6 Å². The first kappa shape index (κ1) is 22.7. The second-order valence-electron chi connectivity index (χ2n) is 9.50. The SMILES string of the molecule is COc1c(C(=O)NC2c3c(O)c(C)cc(C)c3CC2(C)C)[nH]c(=O)c(CC(C)C)[n+]1[O-]. The molecule has 1 aromatic heterocycles. The molecule has 0 radical (unpaired) electrons. The largest absolute Gasteiger partial charge is 0.616 e. The number of amides is 1. The maximum Gasteiger partial charge on any atom is 0.409 e. The van der Waals surface area contributed by atoms with Gasteiger partial charge in [0.15, 0.2) is 0 Å². The lowest BCUT2D eigenvalue weighted by Crippen LogP contribution is -2.45. The molecule has 1 aliphatic carbocycles. The third-order valence-corrected chi connectivity index (χ3v) is 6.01. The average molecular weight is 430 g/mol. The number of methoxy groups -OCH3 is 1. The van der Waals surface area contributed by atoms with Crippen LogP contribution in [-0.4, -0.2) is 23.1 Å². The highest BCUT2D eigenvalue weighted by molar-refractivity contribution is 5.94. The Morgan fingerprint density at radius 2 is 2.03 bits per heavy atom. The fraction of sp³-hybridized carbons (Fsp3) is 0.522. The van der Waals surface area contributed by atoms with Crippen LogP contribution in [0.1, 0.15) is 72.2 Å². The number of hydrogen-bond donors (Lipinski definition) is 3. The molecular weight excluding hydrogens is 398 g/mol. The van der Waals surface area contributed by atoms with Crippen LogP contribution in [0.25, 0.3) is 0 Å². The van der Waals surface area contributed by atoms with Crippen molar-refractivity contribution in [3.05, 3.63) is 55.3 Å². The van der Waals surface area contributed by atoms with Gasteiger partial charge >= 0.3 is 11.4 Å². The number of carbonyl (C=O) groups excluding carboxylic acids is 1. The van der Waals surface area contributed by atoms with Crippen molar-refractivity contribution in [2.45, 2.75) is 60.4 Å². The van der Waals surface area contributed by atoms with Gasteiger partial charge in [-0.25, -0.2) is 0 Å². The van der Waals surface area contributed by atoms with Gasteiger partial charge in [0.05, 0.1) is 13.2 Å². The fourth-order valence-corrected chi connectivity index (χ4v) is 4.47. The van der Waals surface area contributed by atoms with Crippen molar-refractivity contribution < 1.29 is 19.4 Å². The van der Waals surface area contributed by atoms with Gasteiger partial charge in [-0.1, -0.05) is 33.8 Å². The summed E-state index contributed by atoms with van der Waals surface area (Å²) in [5.74, 6) is -0.661. The number of aromatic hydroxyl groups is 1. The van der Waals surface area contributed by atoms with Crippen molar-refractivity contribution in [1.82, 2.24) is 10.3 Å². The minimum absolute atomic E-state index is 0.00108. The zero-order chi connectivity index (χ0) is 23.2. The van der Waals surface area contributed by atoms with E-state index in [1.165, 1.54) is 7.11 Å². The van der Waals surface area contributed by atoms with Gasteiger partial charge in [-0.3, -0.25) is 9.59 Å². The number of phenolic OH excluding ortho intramolecular Hbond substituents is 1. The van der Waals surface area contributed by atoms with Gasteiger partial charge in [0.1, 0.15) is 5.75 Å². The zero-order valence-electron chi connectivity index (χ0n) is 19.2. The van der Waals surface area contributed by atoms with Crippen molar-refractivity contribution in [1.29, 1.82) is 0 Å². The minimum Gasteiger partial charge on any atom is -0.616 e. The Morgan fingerprint density at radius 3 is 2.61 bits per heavy atom. The Balaban J connectivity index is 2.06. The van der Waals surface area contributed by atoms with E-state index in [1.54, 1.807) is 0 Å². The number of aromatic amines is 1. The molecule has 0 spiro atoms. The third-order valence-electron chi connectivity index (χ3n) is 6.01. The topological polar surface area (TPSA) is 118 Å². The van der Waals surface area contributed by atoms with Crippen LogP contribution >= 0.6 is 0 Å². The highest BCUT2D eigenvalue weighted by Crippen LogP contribution is 2.50. The van der Waals surface area contributed by atoms with Crippen molar-refractivity contribution >= 4 is 5.91 Å². The van der Waals surface area contributed by atoms with Gasteiger partial charge in [0, 0.05) is 12.0 Å². The summed E-state index contributed by atoms with van der Waals surface area (Å²) in [5.41, 5.74) is 2.24. The van der Waals surface area contributed by atoms with Crippen molar-refractivity contribution in [2.75, 3.05) is 7.11 Å². The molecule has 0 fully saturated rings. The third kappa shape index (κ3) is 3.86. The molecular formula is C23H31N3O5. The Bertz CT molecular complexity index is 1100. The molecule has 8 nitrogen and oxygen atoms in total. The molecule has 0 saturated heterocycles. The van der Waals surface area contributed by atoms with Gasteiger partial charge in [-0.2, -0.15) is 0 Å². The molecule has 31 heavy (non-hydrogen) atoms. The molecule has 3 rings (SSSR count). The van der Waals surface area contributed by atoms with E-state index in [0.29, 0.717) is 16.7 Å². The molecule has 0 saturated carbocycles. The standard InChI is InChI=1S/C23H31N3O5/c1-11(2)8-15-20(28)24-17(22(31-7)26(15)30)21(29)25-19-16-14(10-23(19,5)6)12(3)9-13(4)18(16)27/h9,11,19,27H,8,10H2,1-7H3,(H,24,28)(H,25,29). The number of aryl methyl sites for hydroxylation is 2. The predicted octanol–water partition coefficient (Wildman–Crippen LogP) is 2.59. The van der Waals surface area contributed by atoms with E-state index in [-0.39, 0.29) is 40.8 Å². The molecule has 1 amide bonds. The van der Waals surface area contributed by atoms with Crippen LogP contribution in [0.15, 0.2) is 10.9 Å². The molecule has 1 unspecified atom stereocenters. The first-order valence-electron chi connectivity index (χ1n) is 10.4. The Morgan fingerprint density at radius 1 is 1.39 bits per heavy atom. The van der Waals surface area contributed by atoms with E-state index in [1.807, 2.05) is 47.6 Å². The monoisotopic (exact) mass is 429 g/mol. The molecule has 168 valence electrons. The van der Waals surface area contributed by atoms with Gasteiger partial charge in [-0.15, -0.1) is 4.73 Å². The van der Waals surface area contributed by atoms with Crippen molar-refractivity contribution in [3.63, 3.8) is 0 Å². The predicted molar refractivity (Wildman–Crippen MR) is 116 cm³/mol. The van der Waals surface area contributed by atoms with Gasteiger partial charge in [0.25, 0.3) is 11.6 Å². The molecule has 0 bridgehead atoms. The van der Waals surface area contributed by atoms with E-state index in [9.17, 15) is 19.9 Å². The summed E-state index contributed by atoms with van der Waals surface area (Å²) in [6, 6.07) is 1.43. The van der Waals surface area contributed by atoms with Crippen LogP contribution < -0.4 is 20.3 Å². The number of ether oxygens (including phenoxy) is 1. The highest BCUT2D eigenvalue weighted by Gasteiger charge is 2.43. The molecule has 1 aromatic carbocycles.